The van der Waals surface area contributed by atoms with Crippen LogP contribution in [0, 0.1) is 5.82 Å². The molecule has 4 rings (SSSR count). The van der Waals surface area contributed by atoms with Gasteiger partial charge in [0.1, 0.15) is 18.4 Å². The highest BCUT2D eigenvalue weighted by Gasteiger charge is 2.33. The number of nitrogens with one attached hydrogen (secondary N) is 1. The Morgan fingerprint density at radius 3 is 2.23 bits per heavy atom. The summed E-state index contributed by atoms with van der Waals surface area (Å²) in [4.78, 5) is 28.5. The minimum atomic E-state index is -4.15. The first-order valence-electron chi connectivity index (χ1n) is 13.3. The Bertz CT molecular complexity index is 1410. The van der Waals surface area contributed by atoms with Gasteiger partial charge in [-0.15, -0.1) is 0 Å². The van der Waals surface area contributed by atoms with E-state index < -0.39 is 34.3 Å². The van der Waals surface area contributed by atoms with Crippen molar-refractivity contribution in [2.45, 2.75) is 62.6 Å². The maximum Gasteiger partial charge on any atom is 0.264 e. The summed E-state index contributed by atoms with van der Waals surface area (Å²) in [5, 5.41) is 3.04. The van der Waals surface area contributed by atoms with E-state index in [1.165, 1.54) is 23.1 Å². The molecular formula is C30H33BrFN3O4S. The molecule has 212 valence electrons. The molecule has 1 N–H and O–H groups in total. The van der Waals surface area contributed by atoms with Crippen LogP contribution in [-0.4, -0.2) is 43.8 Å². The number of benzene rings is 3. The molecule has 2 amide bonds. The third-order valence-corrected chi connectivity index (χ3v) is 9.46. The van der Waals surface area contributed by atoms with Crippen LogP contribution in [0.15, 0.2) is 88.2 Å². The van der Waals surface area contributed by atoms with Crippen LogP contribution in [0.3, 0.4) is 0 Å². The van der Waals surface area contributed by atoms with Gasteiger partial charge in [0.15, 0.2) is 0 Å². The van der Waals surface area contributed by atoms with Gasteiger partial charge in [-0.2, -0.15) is 0 Å². The van der Waals surface area contributed by atoms with Crippen LogP contribution in [0.4, 0.5) is 10.1 Å². The molecule has 1 atom stereocenters. The van der Waals surface area contributed by atoms with E-state index >= 15 is 0 Å². The molecule has 10 heteroatoms. The summed E-state index contributed by atoms with van der Waals surface area (Å²) in [5.41, 5.74) is 0.514. The predicted octanol–water partition coefficient (Wildman–Crippen LogP) is 5.65. The highest BCUT2D eigenvalue weighted by Crippen LogP contribution is 2.26. The molecule has 3 aromatic carbocycles. The van der Waals surface area contributed by atoms with Gasteiger partial charge in [0.25, 0.3) is 10.0 Å². The van der Waals surface area contributed by atoms with Crippen molar-refractivity contribution in [2.24, 2.45) is 0 Å². The fraction of sp³-hybridized carbons (Fsp3) is 0.333. The monoisotopic (exact) mass is 629 g/mol. The molecule has 7 nitrogen and oxygen atoms in total. The lowest BCUT2D eigenvalue weighted by Gasteiger charge is -2.33. The van der Waals surface area contributed by atoms with Crippen molar-refractivity contribution in [2.75, 3.05) is 10.8 Å². The SMILES string of the molecule is C[C@H](C(=O)NC1CCCCC1)N(Cc1ccccc1F)C(=O)CN(c1ccc(Br)cc1)S(=O)(=O)c1ccccc1. The topological polar surface area (TPSA) is 86.8 Å². The number of carbonyl (C=O) groups is 2. The van der Waals surface area contributed by atoms with Crippen LogP contribution < -0.4 is 9.62 Å². The molecule has 1 saturated carbocycles. The molecule has 0 unspecified atom stereocenters. The lowest BCUT2D eigenvalue weighted by atomic mass is 9.95. The van der Waals surface area contributed by atoms with Crippen LogP contribution in [0.5, 0.6) is 0 Å². The molecule has 0 aliphatic heterocycles. The Morgan fingerprint density at radius 2 is 1.57 bits per heavy atom. The Labute approximate surface area is 243 Å². The summed E-state index contributed by atoms with van der Waals surface area (Å²) in [5.74, 6) is -1.49. The minimum Gasteiger partial charge on any atom is -0.352 e. The van der Waals surface area contributed by atoms with Crippen LogP contribution in [0.2, 0.25) is 0 Å². The summed E-state index contributed by atoms with van der Waals surface area (Å²) in [6, 6.07) is 19.5. The van der Waals surface area contributed by atoms with Crippen molar-refractivity contribution >= 4 is 43.5 Å². The van der Waals surface area contributed by atoms with E-state index in [1.54, 1.807) is 67.6 Å². The number of hydrogen-bond acceptors (Lipinski definition) is 4. The zero-order chi connectivity index (χ0) is 28.7. The van der Waals surface area contributed by atoms with Crippen LogP contribution in [0.1, 0.15) is 44.6 Å². The van der Waals surface area contributed by atoms with Crippen molar-refractivity contribution in [3.63, 3.8) is 0 Å². The Hall–Kier alpha value is -3.24. The third-order valence-electron chi connectivity index (χ3n) is 7.14. The molecule has 0 heterocycles. The van der Waals surface area contributed by atoms with E-state index in [9.17, 15) is 22.4 Å². The maximum atomic E-state index is 14.7. The summed E-state index contributed by atoms with van der Waals surface area (Å²) in [6.07, 6.45) is 4.91. The largest absolute Gasteiger partial charge is 0.352 e. The quantitative estimate of drug-likeness (QED) is 0.314. The van der Waals surface area contributed by atoms with Gasteiger partial charge >= 0.3 is 0 Å². The molecule has 0 spiro atoms. The summed E-state index contributed by atoms with van der Waals surface area (Å²) >= 11 is 3.36. The number of sulfonamides is 1. The molecule has 3 aromatic rings. The van der Waals surface area contributed by atoms with Crippen molar-refractivity contribution < 1.29 is 22.4 Å². The first-order valence-corrected chi connectivity index (χ1v) is 15.6. The summed E-state index contributed by atoms with van der Waals surface area (Å²) in [6.45, 7) is 0.825. The number of nitrogens with zero attached hydrogens (tertiary/aromatic N) is 2. The van der Waals surface area contributed by atoms with Gasteiger partial charge in [-0.1, -0.05) is 71.6 Å². The van der Waals surface area contributed by atoms with E-state index in [1.807, 2.05) is 0 Å². The second-order valence-electron chi connectivity index (χ2n) is 9.93. The highest BCUT2D eigenvalue weighted by atomic mass is 79.9. The van der Waals surface area contributed by atoms with Gasteiger partial charge in [0.05, 0.1) is 10.6 Å². The van der Waals surface area contributed by atoms with Gasteiger partial charge in [0, 0.05) is 22.6 Å². The van der Waals surface area contributed by atoms with Gasteiger partial charge in [0.2, 0.25) is 11.8 Å². The standard InChI is InChI=1S/C30H33BrFN3O4S/c1-22(30(37)33-25-11-4-2-5-12-25)34(20-23-10-8-9-15-28(23)32)29(36)21-35(26-18-16-24(31)17-19-26)40(38,39)27-13-6-3-7-14-27/h3,6-10,13-19,22,25H,2,4-5,11-12,20-21H2,1H3,(H,33,37)/t22-/m1/s1. The Balaban J connectivity index is 1.67. The molecule has 0 aromatic heterocycles. The molecule has 0 radical (unpaired) electrons. The molecule has 1 aliphatic carbocycles. The fourth-order valence-corrected chi connectivity index (χ4v) is 6.52. The number of anilines is 1. The first kappa shape index (κ1) is 29.7. The second-order valence-corrected chi connectivity index (χ2v) is 12.7. The number of amides is 2. The molecule has 1 fully saturated rings. The van der Waals surface area contributed by atoms with E-state index in [2.05, 4.69) is 21.2 Å². The van der Waals surface area contributed by atoms with Crippen LogP contribution in [0.25, 0.3) is 0 Å². The summed E-state index contributed by atoms with van der Waals surface area (Å²) < 4.78 is 44.0. The van der Waals surface area contributed by atoms with E-state index in [-0.39, 0.29) is 34.6 Å². The second kappa shape index (κ2) is 13.4. The zero-order valence-electron chi connectivity index (χ0n) is 22.3. The van der Waals surface area contributed by atoms with Crippen molar-refractivity contribution in [1.82, 2.24) is 10.2 Å². The summed E-state index contributed by atoms with van der Waals surface area (Å²) in [7, 11) is -4.15. The first-order chi connectivity index (χ1) is 19.2. The minimum absolute atomic E-state index is 0.0202. The van der Waals surface area contributed by atoms with Gasteiger partial charge in [-0.25, -0.2) is 12.8 Å². The maximum absolute atomic E-state index is 14.7. The molecule has 40 heavy (non-hydrogen) atoms. The van der Waals surface area contributed by atoms with Crippen LogP contribution in [-0.2, 0) is 26.2 Å². The van der Waals surface area contributed by atoms with Crippen LogP contribution >= 0.6 is 15.9 Å². The van der Waals surface area contributed by atoms with Gasteiger partial charge in [-0.3, -0.25) is 13.9 Å². The van der Waals surface area contributed by atoms with Gasteiger partial charge in [-0.05, 0) is 62.2 Å². The van der Waals surface area contributed by atoms with E-state index in [0.29, 0.717) is 0 Å². The number of halogens is 2. The lowest BCUT2D eigenvalue weighted by molar-refractivity contribution is -0.139. The molecular weight excluding hydrogens is 597 g/mol. The van der Waals surface area contributed by atoms with Crippen molar-refractivity contribution in [3.8, 4) is 0 Å². The number of carbonyl (C=O) groups excluding carboxylic acids is 2. The third kappa shape index (κ3) is 7.28. The predicted molar refractivity (Wildman–Crippen MR) is 157 cm³/mol. The number of rotatable bonds is 10. The molecule has 0 saturated heterocycles. The van der Waals surface area contributed by atoms with Gasteiger partial charge < -0.3 is 10.2 Å². The number of hydrogen-bond donors (Lipinski definition) is 1. The Morgan fingerprint density at radius 1 is 0.950 bits per heavy atom. The van der Waals surface area contributed by atoms with E-state index in [0.717, 1.165) is 40.9 Å². The average molecular weight is 631 g/mol. The normalized spacial score (nSPS) is 14.8. The fourth-order valence-electron chi connectivity index (χ4n) is 4.82. The Kier molecular flexibility index (Phi) is 9.97. The highest BCUT2D eigenvalue weighted by molar-refractivity contribution is 9.10. The molecule has 1 aliphatic rings. The van der Waals surface area contributed by atoms with Crippen molar-refractivity contribution in [3.05, 3.63) is 94.7 Å². The lowest BCUT2D eigenvalue weighted by Crippen LogP contribution is -2.53. The zero-order valence-corrected chi connectivity index (χ0v) is 24.7. The van der Waals surface area contributed by atoms with Crippen molar-refractivity contribution in [1.29, 1.82) is 0 Å². The van der Waals surface area contributed by atoms with E-state index in [4.69, 9.17) is 0 Å². The average Bonchev–Trinajstić information content (AvgIpc) is 2.96. The molecule has 0 bridgehead atoms. The smallest absolute Gasteiger partial charge is 0.264 e.